The SMILES string of the molecule is CCC1C(C)CCN1CC1CCCC1=O. The molecule has 2 heteroatoms. The average molecular weight is 209 g/mol. The molecule has 2 fully saturated rings. The standard InChI is InChI=1S/C13H23NO/c1-3-12-10(2)7-8-14(12)9-11-5-4-6-13(11)15/h10-12H,3-9H2,1-2H3. The lowest BCUT2D eigenvalue weighted by Gasteiger charge is -2.27. The highest BCUT2D eigenvalue weighted by molar-refractivity contribution is 5.83. The summed E-state index contributed by atoms with van der Waals surface area (Å²) in [7, 11) is 0. The van der Waals surface area contributed by atoms with Crippen molar-refractivity contribution in [2.75, 3.05) is 13.1 Å². The molecule has 2 rings (SSSR count). The molecule has 0 aromatic rings. The van der Waals surface area contributed by atoms with Crippen LogP contribution in [0.25, 0.3) is 0 Å². The number of Topliss-reactive ketones (excluding diaryl/α,β-unsaturated/α-hetero) is 1. The number of rotatable bonds is 3. The molecular formula is C13H23NO. The van der Waals surface area contributed by atoms with Crippen LogP contribution in [0.2, 0.25) is 0 Å². The minimum absolute atomic E-state index is 0.365. The van der Waals surface area contributed by atoms with Gasteiger partial charge < -0.3 is 0 Å². The van der Waals surface area contributed by atoms with E-state index >= 15 is 0 Å². The van der Waals surface area contributed by atoms with Crippen molar-refractivity contribution in [3.63, 3.8) is 0 Å². The van der Waals surface area contributed by atoms with Crippen molar-refractivity contribution >= 4 is 5.78 Å². The predicted molar refractivity (Wildman–Crippen MR) is 61.8 cm³/mol. The Balaban J connectivity index is 1.91. The van der Waals surface area contributed by atoms with Crippen molar-refractivity contribution in [3.8, 4) is 0 Å². The van der Waals surface area contributed by atoms with Gasteiger partial charge in [-0.15, -0.1) is 0 Å². The largest absolute Gasteiger partial charge is 0.299 e. The Morgan fingerprint density at radius 2 is 2.20 bits per heavy atom. The molecule has 0 aromatic carbocycles. The highest BCUT2D eigenvalue weighted by Gasteiger charge is 2.34. The smallest absolute Gasteiger partial charge is 0.137 e. The number of carbonyl (C=O) groups excluding carboxylic acids is 1. The van der Waals surface area contributed by atoms with Crippen molar-refractivity contribution in [1.82, 2.24) is 4.90 Å². The Morgan fingerprint density at radius 1 is 1.40 bits per heavy atom. The second-order valence-electron chi connectivity index (χ2n) is 5.29. The third-order valence-corrected chi connectivity index (χ3v) is 4.30. The van der Waals surface area contributed by atoms with Crippen LogP contribution in [0.15, 0.2) is 0 Å². The summed E-state index contributed by atoms with van der Waals surface area (Å²) in [5.41, 5.74) is 0. The molecule has 1 heterocycles. The van der Waals surface area contributed by atoms with Gasteiger partial charge in [0.2, 0.25) is 0 Å². The van der Waals surface area contributed by atoms with E-state index in [1.165, 1.54) is 19.4 Å². The summed E-state index contributed by atoms with van der Waals surface area (Å²) in [6, 6.07) is 0.735. The lowest BCUT2D eigenvalue weighted by Crippen LogP contribution is -2.36. The normalized spacial score (nSPS) is 37.7. The Bertz CT molecular complexity index is 239. The van der Waals surface area contributed by atoms with Crippen molar-refractivity contribution in [3.05, 3.63) is 0 Å². The fourth-order valence-electron chi connectivity index (χ4n) is 3.34. The third-order valence-electron chi connectivity index (χ3n) is 4.30. The van der Waals surface area contributed by atoms with Gasteiger partial charge in [-0.2, -0.15) is 0 Å². The van der Waals surface area contributed by atoms with Crippen LogP contribution in [0.3, 0.4) is 0 Å². The molecule has 0 aromatic heterocycles. The second kappa shape index (κ2) is 4.65. The Labute approximate surface area is 93.0 Å². The summed E-state index contributed by atoms with van der Waals surface area (Å²) < 4.78 is 0. The molecule has 1 saturated carbocycles. The Morgan fingerprint density at radius 3 is 2.80 bits per heavy atom. The molecule has 86 valence electrons. The molecule has 1 saturated heterocycles. The number of nitrogens with zero attached hydrogens (tertiary/aromatic N) is 1. The van der Waals surface area contributed by atoms with Gasteiger partial charge in [0.25, 0.3) is 0 Å². The number of likely N-dealkylation sites (tertiary alicyclic amines) is 1. The van der Waals surface area contributed by atoms with Crippen LogP contribution in [-0.2, 0) is 4.79 Å². The van der Waals surface area contributed by atoms with Gasteiger partial charge in [-0.05, 0) is 38.1 Å². The summed E-state index contributed by atoms with van der Waals surface area (Å²) in [6.07, 6.45) is 5.66. The van der Waals surface area contributed by atoms with E-state index in [4.69, 9.17) is 0 Å². The van der Waals surface area contributed by atoms with E-state index in [9.17, 15) is 4.79 Å². The average Bonchev–Trinajstić information content (AvgIpc) is 2.76. The molecular weight excluding hydrogens is 186 g/mol. The molecule has 15 heavy (non-hydrogen) atoms. The first-order valence-corrected chi connectivity index (χ1v) is 6.49. The van der Waals surface area contributed by atoms with E-state index in [1.807, 2.05) is 0 Å². The fourth-order valence-corrected chi connectivity index (χ4v) is 3.34. The van der Waals surface area contributed by atoms with Crippen LogP contribution in [0, 0.1) is 11.8 Å². The predicted octanol–water partition coefficient (Wildman–Crippen LogP) is 2.48. The quantitative estimate of drug-likeness (QED) is 0.711. The van der Waals surface area contributed by atoms with Crippen LogP contribution in [0.4, 0.5) is 0 Å². The number of carbonyl (C=O) groups is 1. The van der Waals surface area contributed by atoms with Crippen molar-refractivity contribution in [2.45, 2.75) is 52.0 Å². The maximum Gasteiger partial charge on any atom is 0.137 e. The van der Waals surface area contributed by atoms with E-state index in [1.54, 1.807) is 0 Å². The van der Waals surface area contributed by atoms with Crippen LogP contribution < -0.4 is 0 Å². The summed E-state index contributed by atoms with van der Waals surface area (Å²) in [5.74, 6) is 1.71. The maximum atomic E-state index is 11.6. The lowest BCUT2D eigenvalue weighted by molar-refractivity contribution is -0.121. The van der Waals surface area contributed by atoms with Gasteiger partial charge in [0.05, 0.1) is 0 Å². The van der Waals surface area contributed by atoms with Crippen molar-refractivity contribution in [1.29, 1.82) is 0 Å². The number of ketones is 1. The van der Waals surface area contributed by atoms with E-state index in [2.05, 4.69) is 18.7 Å². The molecule has 0 N–H and O–H groups in total. The fraction of sp³-hybridized carbons (Fsp3) is 0.923. The van der Waals surface area contributed by atoms with Gasteiger partial charge in [0.1, 0.15) is 5.78 Å². The number of hydrogen-bond acceptors (Lipinski definition) is 2. The summed E-state index contributed by atoms with van der Waals surface area (Å²) >= 11 is 0. The summed E-state index contributed by atoms with van der Waals surface area (Å²) in [4.78, 5) is 14.2. The molecule has 0 amide bonds. The lowest BCUT2D eigenvalue weighted by atomic mass is 10.00. The second-order valence-corrected chi connectivity index (χ2v) is 5.29. The van der Waals surface area contributed by atoms with Crippen molar-refractivity contribution in [2.24, 2.45) is 11.8 Å². The molecule has 2 aliphatic rings. The van der Waals surface area contributed by atoms with Crippen LogP contribution in [0.1, 0.15) is 46.0 Å². The van der Waals surface area contributed by atoms with E-state index in [0.29, 0.717) is 11.7 Å². The minimum atomic E-state index is 0.365. The first kappa shape index (κ1) is 11.1. The number of hydrogen-bond donors (Lipinski definition) is 0. The van der Waals surface area contributed by atoms with Crippen LogP contribution in [-0.4, -0.2) is 29.8 Å². The van der Waals surface area contributed by atoms with Gasteiger partial charge in [-0.25, -0.2) is 0 Å². The zero-order valence-corrected chi connectivity index (χ0v) is 10.0. The highest BCUT2D eigenvalue weighted by atomic mass is 16.1. The molecule has 0 bridgehead atoms. The van der Waals surface area contributed by atoms with Crippen LogP contribution in [0.5, 0.6) is 0 Å². The first-order chi connectivity index (χ1) is 7.22. The van der Waals surface area contributed by atoms with Crippen molar-refractivity contribution < 1.29 is 4.79 Å². The summed E-state index contributed by atoms with van der Waals surface area (Å²) in [6.45, 7) is 6.88. The minimum Gasteiger partial charge on any atom is -0.299 e. The van der Waals surface area contributed by atoms with E-state index in [-0.39, 0.29) is 0 Å². The molecule has 0 radical (unpaired) electrons. The summed E-state index contributed by atoms with van der Waals surface area (Å²) in [5, 5.41) is 0. The molecule has 3 atom stereocenters. The van der Waals surface area contributed by atoms with Gasteiger partial charge in [-0.3, -0.25) is 9.69 Å². The van der Waals surface area contributed by atoms with E-state index < -0.39 is 0 Å². The van der Waals surface area contributed by atoms with Crippen LogP contribution >= 0.6 is 0 Å². The molecule has 1 aliphatic heterocycles. The molecule has 1 aliphatic carbocycles. The topological polar surface area (TPSA) is 20.3 Å². The van der Waals surface area contributed by atoms with Gasteiger partial charge in [-0.1, -0.05) is 13.8 Å². The Hall–Kier alpha value is -0.370. The maximum absolute atomic E-state index is 11.6. The third kappa shape index (κ3) is 2.25. The van der Waals surface area contributed by atoms with Gasteiger partial charge in [0.15, 0.2) is 0 Å². The Kier molecular flexibility index (Phi) is 3.45. The highest BCUT2D eigenvalue weighted by Crippen LogP contribution is 2.30. The van der Waals surface area contributed by atoms with E-state index in [0.717, 1.165) is 37.8 Å². The first-order valence-electron chi connectivity index (χ1n) is 6.49. The monoisotopic (exact) mass is 209 g/mol. The van der Waals surface area contributed by atoms with Gasteiger partial charge >= 0.3 is 0 Å². The van der Waals surface area contributed by atoms with Gasteiger partial charge in [0, 0.05) is 24.9 Å². The zero-order chi connectivity index (χ0) is 10.8. The zero-order valence-electron chi connectivity index (χ0n) is 10.0. The molecule has 2 nitrogen and oxygen atoms in total. The molecule has 3 unspecified atom stereocenters. The molecule has 0 spiro atoms.